The maximum atomic E-state index is 6.58. The molecule has 1 saturated heterocycles. The first-order valence-electron chi connectivity index (χ1n) is 10.7. The smallest absolute Gasteiger partial charge is 0.136 e. The minimum Gasteiger partial charge on any atom is -0.456 e. The lowest BCUT2D eigenvalue weighted by molar-refractivity contribution is 0.242. The first-order valence-corrected chi connectivity index (χ1v) is 10.7. The molecule has 2 heteroatoms. The molecule has 29 heavy (non-hydrogen) atoms. The summed E-state index contributed by atoms with van der Waals surface area (Å²) in [4.78, 5) is 2.61. The number of hydrogen-bond acceptors (Lipinski definition) is 2. The van der Waals surface area contributed by atoms with E-state index in [0.717, 1.165) is 23.6 Å². The van der Waals surface area contributed by atoms with Crippen LogP contribution >= 0.6 is 0 Å². The van der Waals surface area contributed by atoms with E-state index in [9.17, 15) is 0 Å². The van der Waals surface area contributed by atoms with Crippen LogP contribution in [-0.4, -0.2) is 24.5 Å². The van der Waals surface area contributed by atoms with Crippen molar-refractivity contribution < 1.29 is 4.74 Å². The van der Waals surface area contributed by atoms with Crippen LogP contribution in [0.15, 0.2) is 90.5 Å². The van der Waals surface area contributed by atoms with Crippen molar-refractivity contribution in [3.63, 3.8) is 0 Å². The van der Waals surface area contributed by atoms with Gasteiger partial charge in [0, 0.05) is 23.6 Å². The minimum absolute atomic E-state index is 0.221. The van der Waals surface area contributed by atoms with Gasteiger partial charge >= 0.3 is 0 Å². The topological polar surface area (TPSA) is 12.5 Å². The predicted octanol–water partition coefficient (Wildman–Crippen LogP) is 6.11. The lowest BCUT2D eigenvalue weighted by Gasteiger charge is -2.35. The highest BCUT2D eigenvalue weighted by Gasteiger charge is 2.32. The maximum Gasteiger partial charge on any atom is 0.136 e. The Balaban J connectivity index is 1.67. The molecule has 2 heterocycles. The molecule has 0 N–H and O–H groups in total. The van der Waals surface area contributed by atoms with Gasteiger partial charge in [0.25, 0.3) is 0 Å². The van der Waals surface area contributed by atoms with Gasteiger partial charge in [-0.3, -0.25) is 4.90 Å². The van der Waals surface area contributed by atoms with Gasteiger partial charge in [0.15, 0.2) is 0 Å². The van der Waals surface area contributed by atoms with E-state index < -0.39 is 0 Å². The number of hydrogen-bond donors (Lipinski definition) is 0. The second-order valence-electron chi connectivity index (χ2n) is 8.04. The Labute approximate surface area is 173 Å². The number of fused-ring (bicyclic) bond motifs is 1. The number of benzene rings is 3. The van der Waals surface area contributed by atoms with E-state index in [1.807, 2.05) is 0 Å². The van der Waals surface area contributed by atoms with Crippen LogP contribution in [0.25, 0.3) is 5.76 Å². The highest BCUT2D eigenvalue weighted by atomic mass is 16.5. The fraction of sp³-hybridized carbons (Fsp3) is 0.259. The average Bonchev–Trinajstić information content (AvgIpc) is 2.80. The molecular weight excluding hydrogens is 354 g/mol. The van der Waals surface area contributed by atoms with Crippen molar-refractivity contribution in [3.05, 3.63) is 107 Å². The Bertz CT molecular complexity index is 987. The molecule has 0 bridgehead atoms. The van der Waals surface area contributed by atoms with E-state index in [-0.39, 0.29) is 5.92 Å². The first kappa shape index (κ1) is 18.2. The number of para-hydroxylation sites is 1. The third-order valence-electron chi connectivity index (χ3n) is 6.09. The van der Waals surface area contributed by atoms with Crippen LogP contribution in [0.4, 0.5) is 0 Å². The van der Waals surface area contributed by atoms with Crippen molar-refractivity contribution in [2.75, 3.05) is 19.6 Å². The number of nitrogens with zero attached hydrogens (tertiary/aromatic N) is 1. The van der Waals surface area contributed by atoms with Gasteiger partial charge in [-0.15, -0.1) is 0 Å². The average molecular weight is 382 g/mol. The summed E-state index contributed by atoms with van der Waals surface area (Å²) in [6, 6.07) is 30.0. The van der Waals surface area contributed by atoms with Gasteiger partial charge in [-0.05, 0) is 43.1 Å². The Kier molecular flexibility index (Phi) is 5.19. The van der Waals surface area contributed by atoms with Crippen LogP contribution in [0.3, 0.4) is 0 Å². The highest BCUT2D eigenvalue weighted by molar-refractivity contribution is 5.72. The molecule has 2 nitrogen and oxygen atoms in total. The Morgan fingerprint density at radius 2 is 1.38 bits per heavy atom. The molecule has 0 radical (unpaired) electrons. The van der Waals surface area contributed by atoms with E-state index in [1.165, 1.54) is 49.1 Å². The Morgan fingerprint density at radius 3 is 2.14 bits per heavy atom. The first-order chi connectivity index (χ1) is 14.4. The summed E-state index contributed by atoms with van der Waals surface area (Å²) < 4.78 is 6.58. The fourth-order valence-electron chi connectivity index (χ4n) is 4.69. The van der Waals surface area contributed by atoms with Crippen LogP contribution in [-0.2, 0) is 0 Å². The van der Waals surface area contributed by atoms with Crippen LogP contribution in [0, 0.1) is 0 Å². The third kappa shape index (κ3) is 3.73. The number of likely N-dealkylation sites (tertiary alicyclic amines) is 1. The molecule has 1 fully saturated rings. The lowest BCUT2D eigenvalue weighted by atomic mass is 9.81. The van der Waals surface area contributed by atoms with Gasteiger partial charge in [-0.25, -0.2) is 0 Å². The van der Waals surface area contributed by atoms with Crippen LogP contribution in [0.1, 0.15) is 41.9 Å². The molecule has 1 atom stereocenters. The van der Waals surface area contributed by atoms with E-state index in [2.05, 4.69) is 89.8 Å². The lowest BCUT2D eigenvalue weighted by Crippen LogP contribution is -2.34. The summed E-state index contributed by atoms with van der Waals surface area (Å²) >= 11 is 0. The molecule has 0 amide bonds. The van der Waals surface area contributed by atoms with Gasteiger partial charge < -0.3 is 4.74 Å². The Morgan fingerprint density at radius 1 is 0.724 bits per heavy atom. The molecule has 2 aliphatic heterocycles. The molecular formula is C27H27NO. The summed E-state index contributed by atoms with van der Waals surface area (Å²) in [7, 11) is 0. The number of rotatable bonds is 4. The zero-order chi connectivity index (χ0) is 19.5. The van der Waals surface area contributed by atoms with Gasteiger partial charge in [0.1, 0.15) is 11.5 Å². The molecule has 0 aliphatic carbocycles. The van der Waals surface area contributed by atoms with Gasteiger partial charge in [0.05, 0.1) is 0 Å². The van der Waals surface area contributed by atoms with Crippen molar-refractivity contribution in [2.24, 2.45) is 0 Å². The zero-order valence-electron chi connectivity index (χ0n) is 16.8. The van der Waals surface area contributed by atoms with Gasteiger partial charge in [-0.2, -0.15) is 0 Å². The quantitative estimate of drug-likeness (QED) is 0.541. The summed E-state index contributed by atoms with van der Waals surface area (Å²) in [5, 5.41) is 0. The second-order valence-corrected chi connectivity index (χ2v) is 8.04. The van der Waals surface area contributed by atoms with Gasteiger partial charge in [-0.1, -0.05) is 85.3 Å². The molecule has 2 aliphatic rings. The second kappa shape index (κ2) is 8.26. The van der Waals surface area contributed by atoms with Crippen molar-refractivity contribution in [1.29, 1.82) is 0 Å². The fourth-order valence-corrected chi connectivity index (χ4v) is 4.69. The van der Waals surface area contributed by atoms with Crippen LogP contribution in [0.5, 0.6) is 5.75 Å². The molecule has 146 valence electrons. The maximum absolute atomic E-state index is 6.58. The van der Waals surface area contributed by atoms with Crippen LogP contribution in [0.2, 0.25) is 0 Å². The van der Waals surface area contributed by atoms with Crippen molar-refractivity contribution in [1.82, 2.24) is 4.90 Å². The number of piperidine rings is 1. The standard InChI is InChI=1S/C27H27NO/c1-4-12-21(13-5-1)26-23-16-8-9-17-25(23)29-27(22-14-6-2-7-15-22)24(26)20-28-18-10-3-11-19-28/h1-2,4-9,12-17,26H,3,10-11,18-20H2/t26-/m1/s1. The highest BCUT2D eigenvalue weighted by Crippen LogP contribution is 2.45. The van der Waals surface area contributed by atoms with Crippen LogP contribution < -0.4 is 4.74 Å². The normalized spacial score (nSPS) is 19.5. The van der Waals surface area contributed by atoms with Crippen molar-refractivity contribution in [3.8, 4) is 5.75 Å². The summed E-state index contributed by atoms with van der Waals surface area (Å²) in [6.45, 7) is 3.31. The predicted molar refractivity (Wildman–Crippen MR) is 119 cm³/mol. The molecule has 5 rings (SSSR count). The molecule has 3 aromatic carbocycles. The van der Waals surface area contributed by atoms with Crippen molar-refractivity contribution in [2.45, 2.75) is 25.2 Å². The molecule has 3 aromatic rings. The SMILES string of the molecule is c1ccc(C2=C(CN3CCCCC3)[C@H](c3ccccc3)c3ccccc3O2)cc1. The molecule has 0 unspecified atom stereocenters. The largest absolute Gasteiger partial charge is 0.456 e. The summed E-state index contributed by atoms with van der Waals surface area (Å²) in [5.74, 6) is 2.23. The zero-order valence-corrected chi connectivity index (χ0v) is 16.8. The van der Waals surface area contributed by atoms with E-state index >= 15 is 0 Å². The van der Waals surface area contributed by atoms with E-state index in [1.54, 1.807) is 0 Å². The molecule has 0 spiro atoms. The summed E-state index contributed by atoms with van der Waals surface area (Å²) in [5.41, 5.74) is 5.15. The minimum atomic E-state index is 0.221. The summed E-state index contributed by atoms with van der Waals surface area (Å²) in [6.07, 6.45) is 3.94. The van der Waals surface area contributed by atoms with E-state index in [4.69, 9.17) is 4.74 Å². The molecule has 0 aromatic heterocycles. The van der Waals surface area contributed by atoms with E-state index in [0.29, 0.717) is 0 Å². The monoisotopic (exact) mass is 381 g/mol. The Hall–Kier alpha value is -2.84. The molecule has 0 saturated carbocycles. The third-order valence-corrected chi connectivity index (χ3v) is 6.09. The number of ether oxygens (including phenoxy) is 1. The van der Waals surface area contributed by atoms with Gasteiger partial charge in [0.2, 0.25) is 0 Å². The van der Waals surface area contributed by atoms with Crippen molar-refractivity contribution >= 4 is 5.76 Å².